The summed E-state index contributed by atoms with van der Waals surface area (Å²) in [7, 11) is 0. The Balaban J connectivity index is 2.00. The largest absolute Gasteiger partial charge is 0.491 e. The van der Waals surface area contributed by atoms with Crippen LogP contribution in [-0.4, -0.2) is 58.7 Å². The summed E-state index contributed by atoms with van der Waals surface area (Å²) >= 11 is 9.15. The quantitative estimate of drug-likeness (QED) is 0.653. The molecule has 0 radical (unpaired) electrons. The first-order chi connectivity index (χ1) is 11.3. The molecule has 1 saturated heterocycles. The predicted molar refractivity (Wildman–Crippen MR) is 88.2 cm³/mol. The lowest BCUT2D eigenvalue weighted by molar-refractivity contribution is 0.0213. The number of piperazine rings is 1. The van der Waals surface area contributed by atoms with Crippen molar-refractivity contribution in [3.8, 4) is 5.75 Å². The van der Waals surface area contributed by atoms with Gasteiger partial charge in [0, 0.05) is 25.6 Å². The van der Waals surface area contributed by atoms with Gasteiger partial charge in [0.15, 0.2) is 5.75 Å². The molecule has 24 heavy (non-hydrogen) atoms. The van der Waals surface area contributed by atoms with Crippen LogP contribution in [0.15, 0.2) is 10.5 Å². The van der Waals surface area contributed by atoms with E-state index in [4.69, 9.17) is 16.3 Å². The molecule has 9 heteroatoms. The van der Waals surface area contributed by atoms with E-state index < -0.39 is 17.8 Å². The third-order valence-corrected chi connectivity index (χ3v) is 5.76. The van der Waals surface area contributed by atoms with E-state index in [-0.39, 0.29) is 52.6 Å². The molecule has 0 spiro atoms. The molecule has 0 bridgehead atoms. The van der Waals surface area contributed by atoms with Gasteiger partial charge in [-0.3, -0.25) is 4.79 Å². The number of nitrogens with zero attached hydrogens (tertiary/aromatic N) is 2. The van der Waals surface area contributed by atoms with E-state index in [9.17, 15) is 19.1 Å². The minimum absolute atomic E-state index is 0.0222. The smallest absolute Gasteiger partial charge is 0.407 e. The highest BCUT2D eigenvalue weighted by molar-refractivity contribution is 9.10. The van der Waals surface area contributed by atoms with Crippen molar-refractivity contribution in [2.24, 2.45) is 0 Å². The number of fused-ring (bicyclic) bond motifs is 2. The van der Waals surface area contributed by atoms with Gasteiger partial charge in [0.1, 0.15) is 10.8 Å². The van der Waals surface area contributed by atoms with Crippen LogP contribution in [0.2, 0.25) is 5.02 Å². The van der Waals surface area contributed by atoms with E-state index in [1.807, 2.05) is 0 Å². The summed E-state index contributed by atoms with van der Waals surface area (Å²) < 4.78 is 19.6. The molecule has 0 aromatic heterocycles. The zero-order chi connectivity index (χ0) is 17.6. The number of hydrogen-bond donors (Lipinski definition) is 1. The van der Waals surface area contributed by atoms with Gasteiger partial charge in [-0.05, 0) is 28.9 Å². The molecule has 130 valence electrons. The number of ether oxygens (including phenoxy) is 1. The lowest BCUT2D eigenvalue weighted by Crippen LogP contribution is -2.60. The Labute approximate surface area is 151 Å². The second-order valence-corrected chi connectivity index (χ2v) is 7.07. The Morgan fingerprint density at radius 2 is 2.21 bits per heavy atom. The number of carbonyl (C=O) groups is 2. The van der Waals surface area contributed by atoms with Gasteiger partial charge in [-0.1, -0.05) is 11.6 Å². The van der Waals surface area contributed by atoms with E-state index in [0.717, 1.165) is 6.07 Å². The Morgan fingerprint density at radius 1 is 1.50 bits per heavy atom. The maximum Gasteiger partial charge on any atom is 0.407 e. The van der Waals surface area contributed by atoms with E-state index in [1.165, 1.54) is 4.90 Å². The molecule has 2 atom stereocenters. The van der Waals surface area contributed by atoms with E-state index in [0.29, 0.717) is 6.42 Å². The predicted octanol–water partition coefficient (Wildman–Crippen LogP) is 3.22. The van der Waals surface area contributed by atoms with Crippen LogP contribution in [0.4, 0.5) is 9.18 Å². The molecule has 3 rings (SSSR count). The maximum absolute atomic E-state index is 14.0. The first-order valence-corrected chi connectivity index (χ1v) is 8.59. The SMILES string of the molecule is C[C@H]1CN2C(=O)c3cc(F)c(Br)c(Cl)c3OCC[C@H]2CN1C(=O)O. The zero-order valence-corrected chi connectivity index (χ0v) is 15.1. The van der Waals surface area contributed by atoms with Crippen molar-refractivity contribution in [3.63, 3.8) is 0 Å². The van der Waals surface area contributed by atoms with Gasteiger partial charge < -0.3 is 19.6 Å². The molecule has 0 saturated carbocycles. The number of carboxylic acid groups (broad SMARTS) is 1. The van der Waals surface area contributed by atoms with Crippen LogP contribution in [0.1, 0.15) is 23.7 Å². The van der Waals surface area contributed by atoms with E-state index in [1.54, 1.807) is 11.8 Å². The first kappa shape index (κ1) is 17.3. The molecule has 6 nitrogen and oxygen atoms in total. The minimum Gasteiger partial charge on any atom is -0.491 e. The Hall–Kier alpha value is -1.54. The van der Waals surface area contributed by atoms with Gasteiger partial charge in [0.25, 0.3) is 5.91 Å². The van der Waals surface area contributed by atoms with Crippen LogP contribution in [0.5, 0.6) is 5.75 Å². The highest BCUT2D eigenvalue weighted by Gasteiger charge is 2.39. The lowest BCUT2D eigenvalue weighted by atomic mass is 10.0. The molecule has 1 N–H and O–H groups in total. The van der Waals surface area contributed by atoms with Crippen molar-refractivity contribution >= 4 is 39.5 Å². The Morgan fingerprint density at radius 3 is 2.88 bits per heavy atom. The van der Waals surface area contributed by atoms with Crippen molar-refractivity contribution in [1.29, 1.82) is 0 Å². The van der Waals surface area contributed by atoms with Crippen LogP contribution in [0.25, 0.3) is 0 Å². The summed E-state index contributed by atoms with van der Waals surface area (Å²) in [6, 6.07) is 0.440. The van der Waals surface area contributed by atoms with E-state index in [2.05, 4.69) is 15.9 Å². The van der Waals surface area contributed by atoms with Crippen molar-refractivity contribution in [3.05, 3.63) is 26.9 Å². The van der Waals surface area contributed by atoms with Crippen LogP contribution < -0.4 is 4.74 Å². The van der Waals surface area contributed by atoms with Gasteiger partial charge in [-0.2, -0.15) is 0 Å². The number of amides is 2. The summed E-state index contributed by atoms with van der Waals surface area (Å²) in [5.74, 6) is -0.897. The molecule has 2 aliphatic rings. The minimum atomic E-state index is -1.02. The molecule has 2 amide bonds. The number of carbonyl (C=O) groups excluding carboxylic acids is 1. The third kappa shape index (κ3) is 2.82. The van der Waals surface area contributed by atoms with Crippen molar-refractivity contribution in [2.75, 3.05) is 19.7 Å². The molecular weight excluding hydrogens is 407 g/mol. The average Bonchev–Trinajstić information content (AvgIpc) is 2.53. The second-order valence-electron chi connectivity index (χ2n) is 5.90. The summed E-state index contributed by atoms with van der Waals surface area (Å²) in [6.07, 6.45) is -0.552. The van der Waals surface area contributed by atoms with Gasteiger partial charge in [0.05, 0.1) is 22.7 Å². The number of rotatable bonds is 0. The molecule has 1 fully saturated rings. The summed E-state index contributed by atoms with van der Waals surface area (Å²) in [5.41, 5.74) is 0.0568. The Bertz CT molecular complexity index is 717. The monoisotopic (exact) mass is 420 g/mol. The first-order valence-electron chi connectivity index (χ1n) is 7.42. The van der Waals surface area contributed by atoms with Crippen molar-refractivity contribution < 1.29 is 23.8 Å². The fraction of sp³-hybridized carbons (Fsp3) is 0.467. The van der Waals surface area contributed by atoms with Gasteiger partial charge in [0.2, 0.25) is 0 Å². The van der Waals surface area contributed by atoms with Gasteiger partial charge >= 0.3 is 6.09 Å². The highest BCUT2D eigenvalue weighted by atomic mass is 79.9. The summed E-state index contributed by atoms with van der Waals surface area (Å²) in [6.45, 7) is 2.43. The maximum atomic E-state index is 14.0. The molecule has 0 unspecified atom stereocenters. The van der Waals surface area contributed by atoms with Crippen molar-refractivity contribution in [2.45, 2.75) is 25.4 Å². The lowest BCUT2D eigenvalue weighted by Gasteiger charge is -2.45. The number of hydrogen-bond acceptors (Lipinski definition) is 3. The zero-order valence-electron chi connectivity index (χ0n) is 12.8. The highest BCUT2D eigenvalue weighted by Crippen LogP contribution is 2.39. The van der Waals surface area contributed by atoms with E-state index >= 15 is 0 Å². The Kier molecular flexibility index (Phi) is 4.61. The van der Waals surface area contributed by atoms with Gasteiger partial charge in [-0.15, -0.1) is 0 Å². The van der Waals surface area contributed by atoms with Crippen molar-refractivity contribution in [1.82, 2.24) is 9.80 Å². The van der Waals surface area contributed by atoms with Crippen LogP contribution >= 0.6 is 27.5 Å². The topological polar surface area (TPSA) is 70.1 Å². The number of benzene rings is 1. The van der Waals surface area contributed by atoms with Gasteiger partial charge in [-0.25, -0.2) is 9.18 Å². The molecule has 0 aliphatic carbocycles. The average molecular weight is 422 g/mol. The molecule has 1 aromatic carbocycles. The fourth-order valence-electron chi connectivity index (χ4n) is 3.13. The molecule has 1 aromatic rings. The van der Waals surface area contributed by atoms with Crippen LogP contribution in [-0.2, 0) is 0 Å². The third-order valence-electron chi connectivity index (χ3n) is 4.39. The molecule has 2 aliphatic heterocycles. The second kappa shape index (κ2) is 6.40. The standard InChI is InChI=1S/C15H15BrClFN2O4/c1-7-5-20-8(6-19(7)15(22)23)2-3-24-13-9(14(20)21)4-10(18)11(16)12(13)17/h4,7-8H,2-3,5-6H2,1H3,(H,22,23)/t7-,8-/m0/s1. The normalized spacial score (nSPS) is 23.8. The van der Waals surface area contributed by atoms with Crippen LogP contribution in [0.3, 0.4) is 0 Å². The summed E-state index contributed by atoms with van der Waals surface area (Å²) in [5, 5.41) is 9.29. The fourth-order valence-corrected chi connectivity index (χ4v) is 3.67. The molecule has 2 heterocycles. The number of halogens is 3. The summed E-state index contributed by atoms with van der Waals surface area (Å²) in [4.78, 5) is 27.1. The molecular formula is C15H15BrClFN2O4. The van der Waals surface area contributed by atoms with Crippen LogP contribution in [0, 0.1) is 5.82 Å².